The lowest BCUT2D eigenvalue weighted by Crippen LogP contribution is -2.22. The molecule has 0 N–H and O–H groups in total. The second-order valence-corrected chi connectivity index (χ2v) is 4.81. The van der Waals surface area contributed by atoms with Gasteiger partial charge in [0.15, 0.2) is 0 Å². The van der Waals surface area contributed by atoms with Gasteiger partial charge >= 0.3 is 0 Å². The molecule has 0 spiro atoms. The molecular weight excluding hydrogens is 228 g/mol. The van der Waals surface area contributed by atoms with Crippen molar-refractivity contribution in [2.24, 2.45) is 5.92 Å². The molecule has 18 heavy (non-hydrogen) atoms. The van der Waals surface area contributed by atoms with E-state index in [0.717, 1.165) is 31.2 Å². The van der Waals surface area contributed by atoms with Gasteiger partial charge in [-0.05, 0) is 25.5 Å². The molecule has 0 amide bonds. The summed E-state index contributed by atoms with van der Waals surface area (Å²) in [5.41, 5.74) is 1.08. The van der Waals surface area contributed by atoms with Crippen molar-refractivity contribution in [3.05, 3.63) is 23.9 Å². The Bertz CT molecular complexity index is 371. The lowest BCUT2D eigenvalue weighted by Gasteiger charge is -2.17. The fraction of sp³-hybridized carbons (Fsp3) is 0.643. The highest BCUT2D eigenvalue weighted by atomic mass is 16.5. The van der Waals surface area contributed by atoms with Gasteiger partial charge in [0.1, 0.15) is 5.82 Å². The van der Waals surface area contributed by atoms with Crippen LogP contribution in [0.2, 0.25) is 0 Å². The third-order valence-corrected chi connectivity index (χ3v) is 3.27. The van der Waals surface area contributed by atoms with Gasteiger partial charge in [-0.2, -0.15) is 0 Å². The summed E-state index contributed by atoms with van der Waals surface area (Å²) in [7, 11) is 1.70. The van der Waals surface area contributed by atoms with Crippen molar-refractivity contribution in [2.45, 2.75) is 13.3 Å². The van der Waals surface area contributed by atoms with Crippen LogP contribution in [0.25, 0.3) is 0 Å². The summed E-state index contributed by atoms with van der Waals surface area (Å²) in [6.07, 6.45) is 1.18. The number of aryl methyl sites for hydroxylation is 1. The minimum absolute atomic E-state index is 0.615. The van der Waals surface area contributed by atoms with E-state index >= 15 is 0 Å². The Hall–Kier alpha value is -1.13. The van der Waals surface area contributed by atoms with Gasteiger partial charge in [0.05, 0.1) is 19.8 Å². The van der Waals surface area contributed by atoms with Crippen molar-refractivity contribution in [1.82, 2.24) is 4.98 Å². The average molecular weight is 250 g/mol. The van der Waals surface area contributed by atoms with Gasteiger partial charge in [-0.15, -0.1) is 0 Å². The summed E-state index contributed by atoms with van der Waals surface area (Å²) in [5.74, 6) is 1.71. The number of rotatable bonds is 6. The van der Waals surface area contributed by atoms with Crippen LogP contribution in [0.4, 0.5) is 5.82 Å². The Kier molecular flexibility index (Phi) is 4.96. The Morgan fingerprint density at radius 3 is 3.06 bits per heavy atom. The second kappa shape index (κ2) is 6.71. The largest absolute Gasteiger partial charge is 0.382 e. The number of nitrogens with zero attached hydrogens (tertiary/aromatic N) is 2. The molecular formula is C14H22N2O2. The number of hydrogen-bond acceptors (Lipinski definition) is 4. The number of anilines is 1. The highest BCUT2D eigenvalue weighted by molar-refractivity contribution is 5.40. The van der Waals surface area contributed by atoms with Gasteiger partial charge in [-0.1, -0.05) is 6.07 Å². The van der Waals surface area contributed by atoms with Crippen molar-refractivity contribution in [1.29, 1.82) is 0 Å². The van der Waals surface area contributed by atoms with Crippen molar-refractivity contribution < 1.29 is 9.47 Å². The highest BCUT2D eigenvalue weighted by Crippen LogP contribution is 2.22. The molecule has 1 saturated heterocycles. The predicted octanol–water partition coefficient (Wildman–Crippen LogP) is 1.88. The lowest BCUT2D eigenvalue weighted by atomic mass is 10.1. The Labute approximate surface area is 109 Å². The number of aromatic nitrogens is 1. The third kappa shape index (κ3) is 3.68. The van der Waals surface area contributed by atoms with Crippen molar-refractivity contribution >= 4 is 5.82 Å². The number of methoxy groups -OCH3 is 1. The quantitative estimate of drug-likeness (QED) is 0.722. The molecule has 0 aliphatic carbocycles. The van der Waals surface area contributed by atoms with E-state index in [9.17, 15) is 0 Å². The Morgan fingerprint density at radius 1 is 1.39 bits per heavy atom. The first-order valence-corrected chi connectivity index (χ1v) is 6.55. The van der Waals surface area contributed by atoms with Gasteiger partial charge in [-0.3, -0.25) is 0 Å². The SMILES string of the molecule is COCCOCC1CCN(c2cccc(C)n2)C1. The first kappa shape index (κ1) is 13.3. The van der Waals surface area contributed by atoms with Gasteiger partial charge in [-0.25, -0.2) is 4.98 Å². The fourth-order valence-corrected chi connectivity index (χ4v) is 2.27. The van der Waals surface area contributed by atoms with Crippen LogP contribution < -0.4 is 4.90 Å². The number of hydrogen-bond donors (Lipinski definition) is 0. The topological polar surface area (TPSA) is 34.6 Å². The fourth-order valence-electron chi connectivity index (χ4n) is 2.27. The maximum atomic E-state index is 5.59. The zero-order valence-corrected chi connectivity index (χ0v) is 11.3. The third-order valence-electron chi connectivity index (χ3n) is 3.27. The average Bonchev–Trinajstić information content (AvgIpc) is 2.83. The smallest absolute Gasteiger partial charge is 0.128 e. The molecule has 1 aromatic heterocycles. The molecule has 0 radical (unpaired) electrons. The molecule has 2 heterocycles. The molecule has 1 fully saturated rings. The maximum Gasteiger partial charge on any atom is 0.128 e. The van der Waals surface area contributed by atoms with Crippen LogP contribution in [-0.2, 0) is 9.47 Å². The summed E-state index contributed by atoms with van der Waals surface area (Å²) in [6.45, 7) is 6.35. The minimum atomic E-state index is 0.615. The van der Waals surface area contributed by atoms with E-state index in [4.69, 9.17) is 9.47 Å². The van der Waals surface area contributed by atoms with E-state index in [-0.39, 0.29) is 0 Å². The zero-order valence-electron chi connectivity index (χ0n) is 11.3. The second-order valence-electron chi connectivity index (χ2n) is 4.81. The minimum Gasteiger partial charge on any atom is -0.382 e. The summed E-state index contributed by atoms with van der Waals surface area (Å²) in [6, 6.07) is 6.19. The molecule has 1 aromatic rings. The van der Waals surface area contributed by atoms with Gasteiger partial charge in [0.2, 0.25) is 0 Å². The van der Waals surface area contributed by atoms with Crippen LogP contribution >= 0.6 is 0 Å². The van der Waals surface area contributed by atoms with Crippen LogP contribution in [0, 0.1) is 12.8 Å². The maximum absolute atomic E-state index is 5.59. The summed E-state index contributed by atoms with van der Waals surface area (Å²) in [5, 5.41) is 0. The molecule has 1 unspecified atom stereocenters. The first-order chi connectivity index (χ1) is 8.79. The molecule has 1 atom stereocenters. The monoisotopic (exact) mass is 250 g/mol. The van der Waals surface area contributed by atoms with E-state index in [1.54, 1.807) is 7.11 Å². The standard InChI is InChI=1S/C14H22N2O2/c1-12-4-3-5-14(15-12)16-7-6-13(10-16)11-18-9-8-17-2/h3-5,13H,6-11H2,1-2H3. The molecule has 4 heteroatoms. The van der Waals surface area contributed by atoms with Gasteiger partial charge in [0.25, 0.3) is 0 Å². The molecule has 0 aromatic carbocycles. The van der Waals surface area contributed by atoms with E-state index in [2.05, 4.69) is 22.0 Å². The van der Waals surface area contributed by atoms with Crippen LogP contribution in [0.1, 0.15) is 12.1 Å². The van der Waals surface area contributed by atoms with Crippen molar-refractivity contribution in [3.63, 3.8) is 0 Å². The van der Waals surface area contributed by atoms with Crippen molar-refractivity contribution in [3.8, 4) is 0 Å². The van der Waals surface area contributed by atoms with Crippen LogP contribution in [0.5, 0.6) is 0 Å². The van der Waals surface area contributed by atoms with Gasteiger partial charge < -0.3 is 14.4 Å². The molecule has 100 valence electrons. The Morgan fingerprint density at radius 2 is 2.28 bits per heavy atom. The molecule has 1 aliphatic rings. The van der Waals surface area contributed by atoms with Crippen LogP contribution in [0.3, 0.4) is 0 Å². The highest BCUT2D eigenvalue weighted by Gasteiger charge is 2.23. The summed E-state index contributed by atoms with van der Waals surface area (Å²) >= 11 is 0. The molecule has 1 aliphatic heterocycles. The van der Waals surface area contributed by atoms with E-state index < -0.39 is 0 Å². The summed E-state index contributed by atoms with van der Waals surface area (Å²) < 4.78 is 10.6. The van der Waals surface area contributed by atoms with E-state index in [1.165, 1.54) is 6.42 Å². The normalized spacial score (nSPS) is 19.4. The zero-order chi connectivity index (χ0) is 12.8. The molecule has 2 rings (SSSR count). The van der Waals surface area contributed by atoms with Crippen LogP contribution in [-0.4, -0.2) is 45.0 Å². The molecule has 4 nitrogen and oxygen atoms in total. The predicted molar refractivity (Wildman–Crippen MR) is 72.0 cm³/mol. The molecule has 0 bridgehead atoms. The Balaban J connectivity index is 1.78. The van der Waals surface area contributed by atoms with E-state index in [0.29, 0.717) is 19.1 Å². The first-order valence-electron chi connectivity index (χ1n) is 6.55. The lowest BCUT2D eigenvalue weighted by molar-refractivity contribution is 0.0549. The summed E-state index contributed by atoms with van der Waals surface area (Å²) in [4.78, 5) is 6.91. The van der Waals surface area contributed by atoms with Gasteiger partial charge in [0, 0.05) is 31.8 Å². The molecule has 0 saturated carbocycles. The number of pyridine rings is 1. The van der Waals surface area contributed by atoms with Crippen LogP contribution in [0.15, 0.2) is 18.2 Å². The van der Waals surface area contributed by atoms with Crippen molar-refractivity contribution in [2.75, 3.05) is 44.9 Å². The number of ether oxygens (including phenoxy) is 2. The van der Waals surface area contributed by atoms with E-state index in [1.807, 2.05) is 13.0 Å².